The van der Waals surface area contributed by atoms with Crippen LogP contribution in [-0.4, -0.2) is 66.1 Å². The molecule has 5 rings (SSSR count). The molecule has 190 valence electrons. The molecule has 1 aromatic heterocycles. The van der Waals surface area contributed by atoms with Crippen molar-refractivity contribution in [1.29, 1.82) is 0 Å². The monoisotopic (exact) mass is 528 g/mol. The second-order valence-electron chi connectivity index (χ2n) is 8.94. The first kappa shape index (κ1) is 24.8. The van der Waals surface area contributed by atoms with Crippen molar-refractivity contribution in [2.75, 3.05) is 46.2 Å². The predicted molar refractivity (Wildman–Crippen MR) is 144 cm³/mol. The molecule has 3 heterocycles. The van der Waals surface area contributed by atoms with Gasteiger partial charge in [0, 0.05) is 48.2 Å². The highest BCUT2D eigenvalue weighted by Gasteiger charge is 2.18. The summed E-state index contributed by atoms with van der Waals surface area (Å²) in [6, 6.07) is 13.3. The van der Waals surface area contributed by atoms with E-state index in [-0.39, 0.29) is 12.4 Å². The van der Waals surface area contributed by atoms with Gasteiger partial charge in [-0.3, -0.25) is 9.69 Å². The fourth-order valence-corrected chi connectivity index (χ4v) is 4.77. The summed E-state index contributed by atoms with van der Waals surface area (Å²) in [6.45, 7) is 6.37. The van der Waals surface area contributed by atoms with E-state index in [4.69, 9.17) is 38.0 Å². The molecular weight excluding hydrogens is 500 g/mol. The van der Waals surface area contributed by atoms with Gasteiger partial charge in [0.15, 0.2) is 16.6 Å². The van der Waals surface area contributed by atoms with Crippen LogP contribution in [0.5, 0.6) is 11.5 Å². The number of thiocarbonyl (C=S) groups is 1. The topological polar surface area (TPSA) is 79.1 Å². The van der Waals surface area contributed by atoms with E-state index in [2.05, 4.69) is 15.2 Å². The van der Waals surface area contributed by atoms with Crippen molar-refractivity contribution in [2.24, 2.45) is 0 Å². The van der Waals surface area contributed by atoms with Crippen LogP contribution in [0.1, 0.15) is 17.5 Å². The Labute approximate surface area is 220 Å². The van der Waals surface area contributed by atoms with Crippen molar-refractivity contribution < 1.29 is 14.2 Å². The Morgan fingerprint density at radius 3 is 2.61 bits per heavy atom. The number of hydrogen-bond donors (Lipinski definition) is 2. The van der Waals surface area contributed by atoms with E-state index in [1.54, 1.807) is 6.07 Å². The van der Waals surface area contributed by atoms with Crippen LogP contribution in [0, 0.1) is 0 Å². The molecule has 2 aromatic carbocycles. The van der Waals surface area contributed by atoms with Gasteiger partial charge in [0.2, 0.25) is 6.79 Å². The summed E-state index contributed by atoms with van der Waals surface area (Å²) in [7, 11) is 0. The SMILES string of the molecule is O=c1[nH]c2cc3c(cc2cc1CN(Cc1ccc(Cl)cc1)C(=S)NCCCN1CCOCC1)OCO3. The average Bonchev–Trinajstić information content (AvgIpc) is 3.34. The molecule has 0 saturated carbocycles. The van der Waals surface area contributed by atoms with E-state index in [0.717, 1.165) is 56.8 Å². The minimum absolute atomic E-state index is 0.155. The average molecular weight is 529 g/mol. The van der Waals surface area contributed by atoms with Gasteiger partial charge >= 0.3 is 0 Å². The molecule has 3 aromatic rings. The summed E-state index contributed by atoms with van der Waals surface area (Å²) in [4.78, 5) is 20.4. The van der Waals surface area contributed by atoms with Gasteiger partial charge in [-0.15, -0.1) is 0 Å². The molecule has 0 unspecified atom stereocenters. The first-order valence-corrected chi connectivity index (χ1v) is 12.9. The molecule has 1 saturated heterocycles. The Bertz CT molecular complexity index is 1280. The lowest BCUT2D eigenvalue weighted by Crippen LogP contribution is -2.42. The number of fused-ring (bicyclic) bond motifs is 2. The predicted octanol–water partition coefficient (Wildman–Crippen LogP) is 3.51. The second kappa shape index (κ2) is 11.5. The Morgan fingerprint density at radius 1 is 1.08 bits per heavy atom. The van der Waals surface area contributed by atoms with Gasteiger partial charge < -0.3 is 29.4 Å². The van der Waals surface area contributed by atoms with E-state index < -0.39 is 0 Å². The smallest absolute Gasteiger partial charge is 0.253 e. The van der Waals surface area contributed by atoms with E-state index in [1.807, 2.05) is 41.3 Å². The molecule has 8 nitrogen and oxygen atoms in total. The van der Waals surface area contributed by atoms with Crippen molar-refractivity contribution in [2.45, 2.75) is 19.5 Å². The van der Waals surface area contributed by atoms with Gasteiger partial charge in [-0.1, -0.05) is 23.7 Å². The molecule has 0 radical (unpaired) electrons. The number of rotatable bonds is 8. The van der Waals surface area contributed by atoms with Crippen molar-refractivity contribution in [3.05, 3.63) is 69.0 Å². The number of nitrogens with one attached hydrogen (secondary N) is 2. The maximum Gasteiger partial charge on any atom is 0.253 e. The molecule has 10 heteroatoms. The Kier molecular flexibility index (Phi) is 7.91. The van der Waals surface area contributed by atoms with Crippen LogP contribution in [0.3, 0.4) is 0 Å². The summed E-state index contributed by atoms with van der Waals surface area (Å²) in [5, 5.41) is 5.56. The molecule has 0 atom stereocenters. The maximum absolute atomic E-state index is 13.0. The van der Waals surface area contributed by atoms with Crippen molar-refractivity contribution in [3.63, 3.8) is 0 Å². The lowest BCUT2D eigenvalue weighted by molar-refractivity contribution is 0.0376. The summed E-state index contributed by atoms with van der Waals surface area (Å²) < 4.78 is 16.4. The second-order valence-corrected chi connectivity index (χ2v) is 9.76. The third-order valence-electron chi connectivity index (χ3n) is 6.38. The number of halogens is 1. The molecule has 2 aliphatic heterocycles. The zero-order valence-electron chi connectivity index (χ0n) is 19.9. The number of ether oxygens (including phenoxy) is 3. The van der Waals surface area contributed by atoms with Crippen molar-refractivity contribution >= 4 is 39.8 Å². The highest BCUT2D eigenvalue weighted by atomic mass is 35.5. The molecule has 36 heavy (non-hydrogen) atoms. The molecule has 0 spiro atoms. The first-order valence-electron chi connectivity index (χ1n) is 12.1. The summed E-state index contributed by atoms with van der Waals surface area (Å²) in [6.07, 6.45) is 0.971. The minimum Gasteiger partial charge on any atom is -0.454 e. The number of morpholine rings is 1. The number of hydrogen-bond acceptors (Lipinski definition) is 6. The minimum atomic E-state index is -0.155. The standard InChI is InChI=1S/C26H29ClN4O4S/c27-21-4-2-18(3-5-21)15-31(26(36)28-6-1-7-30-8-10-33-11-9-30)16-20-12-19-13-23-24(35-17-34-23)14-22(19)29-25(20)32/h2-5,12-14H,1,6-11,15-17H2,(H,28,36)(H,29,32). The van der Waals surface area contributed by atoms with Crippen LogP contribution in [-0.2, 0) is 17.8 Å². The number of aromatic amines is 1. The van der Waals surface area contributed by atoms with Gasteiger partial charge in [-0.25, -0.2) is 0 Å². The van der Waals surface area contributed by atoms with E-state index in [9.17, 15) is 4.79 Å². The maximum atomic E-state index is 13.0. The molecule has 1 fully saturated rings. The Morgan fingerprint density at radius 2 is 1.83 bits per heavy atom. The van der Waals surface area contributed by atoms with Crippen LogP contribution < -0.4 is 20.3 Å². The van der Waals surface area contributed by atoms with Gasteiger partial charge in [-0.2, -0.15) is 0 Å². The first-order chi connectivity index (χ1) is 17.5. The third-order valence-corrected chi connectivity index (χ3v) is 7.03. The number of pyridine rings is 1. The Hall–Kier alpha value is -2.85. The molecule has 0 aliphatic carbocycles. The van der Waals surface area contributed by atoms with E-state index in [0.29, 0.717) is 45.8 Å². The number of aromatic nitrogens is 1. The Balaban J connectivity index is 1.30. The number of H-pyrrole nitrogens is 1. The highest BCUT2D eigenvalue weighted by molar-refractivity contribution is 7.80. The summed E-state index contributed by atoms with van der Waals surface area (Å²) in [5.74, 6) is 1.31. The van der Waals surface area contributed by atoms with Crippen molar-refractivity contribution in [1.82, 2.24) is 20.1 Å². The van der Waals surface area contributed by atoms with Gasteiger partial charge in [0.1, 0.15) is 0 Å². The summed E-state index contributed by atoms with van der Waals surface area (Å²) >= 11 is 11.9. The van der Waals surface area contributed by atoms with Crippen molar-refractivity contribution in [3.8, 4) is 11.5 Å². The molecular formula is C26H29ClN4O4S. The fourth-order valence-electron chi connectivity index (χ4n) is 4.41. The largest absolute Gasteiger partial charge is 0.454 e. The van der Waals surface area contributed by atoms with E-state index in [1.165, 1.54) is 0 Å². The van der Waals surface area contributed by atoms with Crippen LogP contribution in [0.25, 0.3) is 10.9 Å². The lowest BCUT2D eigenvalue weighted by atomic mass is 10.1. The van der Waals surface area contributed by atoms with Crippen LogP contribution >= 0.6 is 23.8 Å². The molecule has 2 aliphatic rings. The lowest BCUT2D eigenvalue weighted by Gasteiger charge is -2.28. The van der Waals surface area contributed by atoms with Crippen LogP contribution in [0.15, 0.2) is 47.3 Å². The molecule has 0 amide bonds. The number of benzene rings is 2. The summed E-state index contributed by atoms with van der Waals surface area (Å²) in [5.41, 5.74) is 2.23. The van der Waals surface area contributed by atoms with Crippen LogP contribution in [0.4, 0.5) is 0 Å². The molecule has 0 bridgehead atoms. The van der Waals surface area contributed by atoms with E-state index >= 15 is 0 Å². The normalized spacial score (nSPS) is 15.2. The fraction of sp³-hybridized carbons (Fsp3) is 0.385. The van der Waals surface area contributed by atoms with Gasteiger partial charge in [0.05, 0.1) is 25.3 Å². The third kappa shape index (κ3) is 6.10. The highest BCUT2D eigenvalue weighted by Crippen LogP contribution is 2.35. The quantitative estimate of drug-likeness (QED) is 0.340. The van der Waals surface area contributed by atoms with Gasteiger partial charge in [-0.05, 0) is 55.0 Å². The van der Waals surface area contributed by atoms with Gasteiger partial charge in [0.25, 0.3) is 5.56 Å². The molecule has 2 N–H and O–H groups in total. The number of nitrogens with zero attached hydrogens (tertiary/aromatic N) is 2. The van der Waals surface area contributed by atoms with Crippen LogP contribution in [0.2, 0.25) is 5.02 Å². The zero-order chi connectivity index (χ0) is 24.9. The zero-order valence-corrected chi connectivity index (χ0v) is 21.5.